The largest absolute Gasteiger partial charge is 0.317 e. The van der Waals surface area contributed by atoms with E-state index in [2.05, 4.69) is 15.3 Å². The molecule has 2 heterocycles. The average molecular weight is 503 g/mol. The van der Waals surface area contributed by atoms with Crippen LogP contribution in [-0.2, 0) is 16.1 Å². The molecule has 2 aromatic carbocycles. The number of anilines is 1. The first-order valence-corrected chi connectivity index (χ1v) is 13.0. The van der Waals surface area contributed by atoms with Gasteiger partial charge in [0.25, 0.3) is 5.91 Å². The number of amides is 2. The van der Waals surface area contributed by atoms with Gasteiger partial charge in [-0.25, -0.2) is 4.98 Å². The maximum absolute atomic E-state index is 12.4. The van der Waals surface area contributed by atoms with E-state index in [0.717, 1.165) is 21.5 Å². The maximum Gasteiger partial charge on any atom is 0.258 e. The molecule has 2 amide bonds. The number of nitrogens with zero attached hydrogens (tertiary/aromatic N) is 3. The maximum atomic E-state index is 12.4. The number of carbonyl (C=O) groups excluding carboxylic acids is 2. The zero-order chi connectivity index (χ0) is 22.5. The molecule has 10 heteroatoms. The van der Waals surface area contributed by atoms with Crippen LogP contribution in [0.5, 0.6) is 0 Å². The Hall–Kier alpha value is -2.46. The Balaban J connectivity index is 1.33. The second-order valence-electron chi connectivity index (χ2n) is 6.69. The van der Waals surface area contributed by atoms with Gasteiger partial charge in [0.05, 0.1) is 27.4 Å². The zero-order valence-corrected chi connectivity index (χ0v) is 20.3. The third-order valence-corrected chi connectivity index (χ3v) is 7.41. The number of thioether (sulfide) groups is 1. The summed E-state index contributed by atoms with van der Waals surface area (Å²) in [6, 6.07) is 15.4. The molecule has 164 valence electrons. The molecule has 0 fully saturated rings. The Morgan fingerprint density at radius 3 is 2.78 bits per heavy atom. The van der Waals surface area contributed by atoms with Gasteiger partial charge in [0.2, 0.25) is 5.91 Å². The number of rotatable bonds is 7. The third-order valence-electron chi connectivity index (χ3n) is 4.46. The van der Waals surface area contributed by atoms with Crippen molar-refractivity contribution in [1.82, 2.24) is 9.55 Å². The highest BCUT2D eigenvalue weighted by atomic mass is 35.5. The molecule has 6 nitrogen and oxygen atoms in total. The minimum Gasteiger partial charge on any atom is -0.317 e. The second kappa shape index (κ2) is 10.4. The van der Waals surface area contributed by atoms with Crippen LogP contribution in [0.3, 0.4) is 0 Å². The number of aryl methyl sites for hydroxylation is 1. The standard InChI is InChI=1S/C22H19ClN4O2S3/c1-2-27-17-9-8-15(23)10-18(17)32-22(27)26-20(29)13-30-12-19(28)25-21-24-16(11-31-21)14-6-4-3-5-7-14/h3-11H,2,12-13H2,1H3,(H,24,25,28). The summed E-state index contributed by atoms with van der Waals surface area (Å²) in [6.45, 7) is 2.70. The molecule has 0 saturated carbocycles. The predicted molar refractivity (Wildman–Crippen MR) is 135 cm³/mol. The smallest absolute Gasteiger partial charge is 0.258 e. The highest BCUT2D eigenvalue weighted by Crippen LogP contribution is 2.25. The summed E-state index contributed by atoms with van der Waals surface area (Å²) in [6.07, 6.45) is 0. The first-order valence-electron chi connectivity index (χ1n) is 9.78. The van der Waals surface area contributed by atoms with E-state index in [1.807, 2.05) is 65.4 Å². The Bertz CT molecular complexity index is 1330. The van der Waals surface area contributed by atoms with Crippen LogP contribution < -0.4 is 10.1 Å². The summed E-state index contributed by atoms with van der Waals surface area (Å²) < 4.78 is 2.97. The van der Waals surface area contributed by atoms with E-state index in [1.165, 1.54) is 34.4 Å². The molecule has 0 aliphatic rings. The zero-order valence-electron chi connectivity index (χ0n) is 17.1. The summed E-state index contributed by atoms with van der Waals surface area (Å²) >= 11 is 10.1. The first-order chi connectivity index (χ1) is 15.5. The summed E-state index contributed by atoms with van der Waals surface area (Å²) in [5.74, 6) is -0.198. The second-order valence-corrected chi connectivity index (χ2v) is 9.98. The normalized spacial score (nSPS) is 11.8. The number of thiazole rings is 2. The molecular formula is C22H19ClN4O2S3. The van der Waals surface area contributed by atoms with Crippen molar-refractivity contribution in [2.75, 3.05) is 16.8 Å². The van der Waals surface area contributed by atoms with E-state index in [0.29, 0.717) is 21.5 Å². The van der Waals surface area contributed by atoms with Gasteiger partial charge in [-0.1, -0.05) is 53.3 Å². The van der Waals surface area contributed by atoms with Crippen LogP contribution in [-0.4, -0.2) is 32.9 Å². The number of hydrogen-bond donors (Lipinski definition) is 1. The van der Waals surface area contributed by atoms with E-state index < -0.39 is 0 Å². The molecule has 0 saturated heterocycles. The van der Waals surface area contributed by atoms with E-state index in [9.17, 15) is 9.59 Å². The predicted octanol–water partition coefficient (Wildman–Crippen LogP) is 5.30. The molecule has 0 aliphatic heterocycles. The van der Waals surface area contributed by atoms with Crippen LogP contribution in [0.2, 0.25) is 5.02 Å². The SMILES string of the molecule is CCn1c(=NC(=O)CSCC(=O)Nc2nc(-c3ccccc3)cs2)sc2cc(Cl)ccc21. The molecule has 0 bridgehead atoms. The topological polar surface area (TPSA) is 76.3 Å². The molecular weight excluding hydrogens is 484 g/mol. The lowest BCUT2D eigenvalue weighted by Crippen LogP contribution is -2.18. The van der Waals surface area contributed by atoms with Crippen LogP contribution in [0.1, 0.15) is 6.92 Å². The van der Waals surface area contributed by atoms with Crippen molar-refractivity contribution in [3.8, 4) is 11.3 Å². The molecule has 1 N–H and O–H groups in total. The number of halogens is 1. The fourth-order valence-electron chi connectivity index (χ4n) is 3.04. The summed E-state index contributed by atoms with van der Waals surface area (Å²) in [5.41, 5.74) is 2.82. The Morgan fingerprint density at radius 2 is 2.00 bits per heavy atom. The van der Waals surface area contributed by atoms with Crippen LogP contribution in [0.4, 0.5) is 5.13 Å². The fraction of sp³-hybridized carbons (Fsp3) is 0.182. The van der Waals surface area contributed by atoms with E-state index >= 15 is 0 Å². The number of benzene rings is 2. The van der Waals surface area contributed by atoms with Crippen LogP contribution >= 0.6 is 46.0 Å². The van der Waals surface area contributed by atoms with Crippen molar-refractivity contribution in [2.45, 2.75) is 13.5 Å². The number of fused-ring (bicyclic) bond motifs is 1. The van der Waals surface area contributed by atoms with Crippen molar-refractivity contribution in [2.24, 2.45) is 4.99 Å². The average Bonchev–Trinajstić information content (AvgIpc) is 3.37. The third kappa shape index (κ3) is 5.47. The highest BCUT2D eigenvalue weighted by Gasteiger charge is 2.11. The highest BCUT2D eigenvalue weighted by molar-refractivity contribution is 8.00. The molecule has 32 heavy (non-hydrogen) atoms. The van der Waals surface area contributed by atoms with Gasteiger partial charge in [-0.15, -0.1) is 23.1 Å². The molecule has 0 atom stereocenters. The van der Waals surface area contributed by atoms with Gasteiger partial charge in [-0.3, -0.25) is 9.59 Å². The molecule has 4 rings (SSSR count). The molecule has 4 aromatic rings. The lowest BCUT2D eigenvalue weighted by molar-refractivity contribution is -0.115. The lowest BCUT2D eigenvalue weighted by Gasteiger charge is -2.01. The van der Waals surface area contributed by atoms with Gasteiger partial charge in [0.15, 0.2) is 9.93 Å². The van der Waals surface area contributed by atoms with Crippen molar-refractivity contribution in [3.05, 3.63) is 63.7 Å². The van der Waals surface area contributed by atoms with Crippen LogP contribution in [0.25, 0.3) is 21.5 Å². The van der Waals surface area contributed by atoms with Crippen molar-refractivity contribution < 1.29 is 9.59 Å². The lowest BCUT2D eigenvalue weighted by atomic mass is 10.2. The van der Waals surface area contributed by atoms with E-state index in [4.69, 9.17) is 11.6 Å². The van der Waals surface area contributed by atoms with E-state index in [1.54, 1.807) is 0 Å². The monoisotopic (exact) mass is 502 g/mol. The number of carbonyl (C=O) groups is 2. The Labute approximate surface area is 202 Å². The van der Waals surface area contributed by atoms with Crippen molar-refractivity contribution >= 4 is 73.2 Å². The summed E-state index contributed by atoms with van der Waals surface area (Å²) in [5, 5.41) is 5.88. The van der Waals surface area contributed by atoms with E-state index in [-0.39, 0.29) is 23.3 Å². The first kappa shape index (κ1) is 22.7. The van der Waals surface area contributed by atoms with Gasteiger partial charge in [-0.2, -0.15) is 4.99 Å². The number of hydrogen-bond acceptors (Lipinski definition) is 6. The summed E-state index contributed by atoms with van der Waals surface area (Å²) in [4.78, 5) is 33.9. The van der Waals surface area contributed by atoms with Gasteiger partial charge >= 0.3 is 0 Å². The van der Waals surface area contributed by atoms with Crippen molar-refractivity contribution in [3.63, 3.8) is 0 Å². The van der Waals surface area contributed by atoms with Crippen molar-refractivity contribution in [1.29, 1.82) is 0 Å². The molecule has 0 radical (unpaired) electrons. The van der Waals surface area contributed by atoms with Crippen LogP contribution in [0, 0.1) is 0 Å². The van der Waals surface area contributed by atoms with Gasteiger partial charge < -0.3 is 9.88 Å². The molecule has 0 aliphatic carbocycles. The van der Waals surface area contributed by atoms with Gasteiger partial charge in [-0.05, 0) is 25.1 Å². The fourth-order valence-corrected chi connectivity index (χ4v) is 5.76. The van der Waals surface area contributed by atoms with Gasteiger partial charge in [0, 0.05) is 22.5 Å². The van der Waals surface area contributed by atoms with Gasteiger partial charge in [0.1, 0.15) is 0 Å². The minimum atomic E-state index is -0.275. The minimum absolute atomic E-state index is 0.124. The molecule has 2 aromatic heterocycles. The Kier molecular flexibility index (Phi) is 7.41. The molecule has 0 unspecified atom stereocenters. The summed E-state index contributed by atoms with van der Waals surface area (Å²) in [7, 11) is 0. The number of aromatic nitrogens is 2. The van der Waals surface area contributed by atoms with Crippen LogP contribution in [0.15, 0.2) is 58.9 Å². The number of nitrogens with one attached hydrogen (secondary N) is 1. The quantitative estimate of drug-likeness (QED) is 0.372. The Morgan fingerprint density at radius 1 is 1.19 bits per heavy atom. The molecule has 0 spiro atoms.